The Labute approximate surface area is 157 Å². The highest BCUT2D eigenvalue weighted by molar-refractivity contribution is 5.80. The van der Waals surface area contributed by atoms with Gasteiger partial charge in [-0.2, -0.15) is 0 Å². The van der Waals surface area contributed by atoms with Crippen LogP contribution >= 0.6 is 0 Å². The Morgan fingerprint density at radius 2 is 2.04 bits per heavy atom. The standard InChI is InChI=1S/C20H33N3O3/c1-6-26-12-11-20(9-10-20)14-22-19(21-3)23-15(2)17-13-16(24-4)7-8-18(17)25-5/h7-8,13,15H,6,9-12,14H2,1-5H3,(H2,21,22,23). The van der Waals surface area contributed by atoms with Gasteiger partial charge in [-0.3, -0.25) is 4.99 Å². The van der Waals surface area contributed by atoms with Crippen molar-refractivity contribution in [3.05, 3.63) is 23.8 Å². The normalized spacial score (nSPS) is 16.7. The van der Waals surface area contributed by atoms with E-state index in [0.717, 1.165) is 49.2 Å². The van der Waals surface area contributed by atoms with Crippen LogP contribution in [0.1, 0.15) is 44.7 Å². The van der Waals surface area contributed by atoms with Crippen molar-refractivity contribution in [2.45, 2.75) is 39.2 Å². The molecule has 146 valence electrons. The number of methoxy groups -OCH3 is 2. The van der Waals surface area contributed by atoms with Crippen molar-refractivity contribution < 1.29 is 14.2 Å². The third-order valence-electron chi connectivity index (χ3n) is 5.05. The molecule has 6 nitrogen and oxygen atoms in total. The summed E-state index contributed by atoms with van der Waals surface area (Å²) in [7, 11) is 5.15. The Kier molecular flexibility index (Phi) is 7.57. The van der Waals surface area contributed by atoms with Crippen molar-refractivity contribution in [2.24, 2.45) is 10.4 Å². The van der Waals surface area contributed by atoms with E-state index in [4.69, 9.17) is 14.2 Å². The lowest BCUT2D eigenvalue weighted by molar-refractivity contribution is 0.128. The minimum atomic E-state index is 0.0322. The molecule has 1 aliphatic carbocycles. The molecule has 2 N–H and O–H groups in total. The number of ether oxygens (including phenoxy) is 3. The van der Waals surface area contributed by atoms with Crippen LogP contribution in [0.15, 0.2) is 23.2 Å². The van der Waals surface area contributed by atoms with Gasteiger partial charge >= 0.3 is 0 Å². The topological polar surface area (TPSA) is 64.1 Å². The third kappa shape index (κ3) is 5.53. The summed E-state index contributed by atoms with van der Waals surface area (Å²) in [4.78, 5) is 4.37. The molecule has 26 heavy (non-hydrogen) atoms. The van der Waals surface area contributed by atoms with Gasteiger partial charge in [0, 0.05) is 32.4 Å². The van der Waals surface area contributed by atoms with E-state index in [9.17, 15) is 0 Å². The highest BCUT2D eigenvalue weighted by atomic mass is 16.5. The second-order valence-electron chi connectivity index (χ2n) is 6.85. The number of nitrogens with zero attached hydrogens (tertiary/aromatic N) is 1. The Hall–Kier alpha value is -1.95. The molecule has 2 rings (SSSR count). The molecule has 0 radical (unpaired) electrons. The summed E-state index contributed by atoms with van der Waals surface area (Å²) in [6.45, 7) is 6.67. The monoisotopic (exact) mass is 363 g/mol. The van der Waals surface area contributed by atoms with E-state index in [1.807, 2.05) is 25.1 Å². The Balaban J connectivity index is 1.93. The van der Waals surface area contributed by atoms with Crippen molar-refractivity contribution in [2.75, 3.05) is 41.0 Å². The van der Waals surface area contributed by atoms with Gasteiger partial charge in [-0.05, 0) is 56.7 Å². The van der Waals surface area contributed by atoms with Gasteiger partial charge in [-0.15, -0.1) is 0 Å². The summed E-state index contributed by atoms with van der Waals surface area (Å²) in [5.74, 6) is 2.44. The lowest BCUT2D eigenvalue weighted by Gasteiger charge is -2.23. The van der Waals surface area contributed by atoms with Gasteiger partial charge < -0.3 is 24.8 Å². The maximum Gasteiger partial charge on any atom is 0.191 e. The first-order chi connectivity index (χ1) is 12.6. The van der Waals surface area contributed by atoms with E-state index >= 15 is 0 Å². The summed E-state index contributed by atoms with van der Waals surface area (Å²) in [6.07, 6.45) is 3.61. The van der Waals surface area contributed by atoms with E-state index in [1.165, 1.54) is 12.8 Å². The van der Waals surface area contributed by atoms with Crippen LogP contribution < -0.4 is 20.1 Å². The number of benzene rings is 1. The van der Waals surface area contributed by atoms with Crippen molar-refractivity contribution in [3.63, 3.8) is 0 Å². The molecule has 0 aliphatic heterocycles. The number of hydrogen-bond acceptors (Lipinski definition) is 4. The summed E-state index contributed by atoms with van der Waals surface area (Å²) in [5.41, 5.74) is 1.40. The molecule has 1 atom stereocenters. The van der Waals surface area contributed by atoms with Crippen LogP contribution in [0, 0.1) is 5.41 Å². The van der Waals surface area contributed by atoms with Crippen LogP contribution in [-0.4, -0.2) is 47.0 Å². The molecule has 0 amide bonds. The van der Waals surface area contributed by atoms with E-state index in [1.54, 1.807) is 21.3 Å². The molecule has 1 saturated carbocycles. The van der Waals surface area contributed by atoms with Crippen molar-refractivity contribution in [3.8, 4) is 11.5 Å². The van der Waals surface area contributed by atoms with Crippen molar-refractivity contribution in [1.82, 2.24) is 10.6 Å². The van der Waals surface area contributed by atoms with Crippen LogP contribution in [0.25, 0.3) is 0 Å². The zero-order chi connectivity index (χ0) is 19.0. The molecule has 6 heteroatoms. The Morgan fingerprint density at radius 3 is 2.62 bits per heavy atom. The molecule has 1 unspecified atom stereocenters. The number of aliphatic imine (C=N–C) groups is 1. The molecule has 1 aromatic rings. The lowest BCUT2D eigenvalue weighted by Crippen LogP contribution is -2.41. The number of guanidine groups is 1. The van der Waals surface area contributed by atoms with Gasteiger partial charge in [0.25, 0.3) is 0 Å². The smallest absolute Gasteiger partial charge is 0.191 e. The number of rotatable bonds is 10. The summed E-state index contributed by atoms with van der Waals surface area (Å²) < 4.78 is 16.3. The molecular formula is C20H33N3O3. The summed E-state index contributed by atoms with van der Waals surface area (Å²) >= 11 is 0. The Morgan fingerprint density at radius 1 is 1.27 bits per heavy atom. The maximum atomic E-state index is 5.51. The quantitative estimate of drug-likeness (QED) is 0.380. The fraction of sp³-hybridized carbons (Fsp3) is 0.650. The van der Waals surface area contributed by atoms with E-state index in [2.05, 4.69) is 22.5 Å². The number of nitrogens with one attached hydrogen (secondary N) is 2. The first-order valence-corrected chi connectivity index (χ1v) is 9.34. The average molecular weight is 364 g/mol. The van der Waals surface area contributed by atoms with E-state index < -0.39 is 0 Å². The zero-order valence-electron chi connectivity index (χ0n) is 16.7. The maximum absolute atomic E-state index is 5.51. The van der Waals surface area contributed by atoms with Gasteiger partial charge in [0.05, 0.1) is 20.3 Å². The van der Waals surface area contributed by atoms with Crippen LogP contribution in [0.2, 0.25) is 0 Å². The number of hydrogen-bond donors (Lipinski definition) is 2. The van der Waals surface area contributed by atoms with Crippen molar-refractivity contribution >= 4 is 5.96 Å². The van der Waals surface area contributed by atoms with Gasteiger partial charge in [0.15, 0.2) is 5.96 Å². The Bertz CT molecular complexity index is 600. The first kappa shape index (κ1) is 20.4. The van der Waals surface area contributed by atoms with E-state index in [0.29, 0.717) is 5.41 Å². The highest BCUT2D eigenvalue weighted by Crippen LogP contribution is 2.48. The van der Waals surface area contributed by atoms with Gasteiger partial charge in [-0.1, -0.05) is 0 Å². The van der Waals surface area contributed by atoms with Gasteiger partial charge in [-0.25, -0.2) is 0 Å². The summed E-state index contributed by atoms with van der Waals surface area (Å²) in [6, 6.07) is 5.85. The predicted molar refractivity (Wildman–Crippen MR) is 105 cm³/mol. The molecular weight excluding hydrogens is 330 g/mol. The first-order valence-electron chi connectivity index (χ1n) is 9.34. The van der Waals surface area contributed by atoms with Crippen LogP contribution in [0.3, 0.4) is 0 Å². The second-order valence-corrected chi connectivity index (χ2v) is 6.85. The fourth-order valence-corrected chi connectivity index (χ4v) is 3.05. The van der Waals surface area contributed by atoms with Crippen molar-refractivity contribution in [1.29, 1.82) is 0 Å². The van der Waals surface area contributed by atoms with Crippen LogP contribution in [-0.2, 0) is 4.74 Å². The summed E-state index contributed by atoms with van der Waals surface area (Å²) in [5, 5.41) is 6.93. The molecule has 0 bridgehead atoms. The van der Waals surface area contributed by atoms with Gasteiger partial charge in [0.2, 0.25) is 0 Å². The largest absolute Gasteiger partial charge is 0.497 e. The molecule has 0 heterocycles. The third-order valence-corrected chi connectivity index (χ3v) is 5.05. The molecule has 0 spiro atoms. The molecule has 1 aliphatic rings. The lowest BCUT2D eigenvalue weighted by atomic mass is 10.0. The minimum absolute atomic E-state index is 0.0322. The minimum Gasteiger partial charge on any atom is -0.497 e. The average Bonchev–Trinajstić information content (AvgIpc) is 3.44. The molecule has 1 fully saturated rings. The molecule has 1 aromatic carbocycles. The predicted octanol–water partition coefficient (Wildman–Crippen LogP) is 3.14. The SMILES string of the molecule is CCOCCC1(CNC(=NC)NC(C)c2cc(OC)ccc2OC)CC1. The molecule has 0 aromatic heterocycles. The van der Waals surface area contributed by atoms with Gasteiger partial charge in [0.1, 0.15) is 11.5 Å². The zero-order valence-corrected chi connectivity index (χ0v) is 16.7. The molecule has 0 saturated heterocycles. The van der Waals surface area contributed by atoms with Crippen LogP contribution in [0.5, 0.6) is 11.5 Å². The van der Waals surface area contributed by atoms with Crippen LogP contribution in [0.4, 0.5) is 0 Å². The fourth-order valence-electron chi connectivity index (χ4n) is 3.05. The van der Waals surface area contributed by atoms with E-state index in [-0.39, 0.29) is 6.04 Å². The highest BCUT2D eigenvalue weighted by Gasteiger charge is 2.42. The second kappa shape index (κ2) is 9.67.